The van der Waals surface area contributed by atoms with Crippen molar-refractivity contribution < 1.29 is 22.8 Å². The molecule has 3 amide bonds. The monoisotopic (exact) mass is 340 g/mol. The number of halogens is 3. The van der Waals surface area contributed by atoms with E-state index in [1.165, 1.54) is 12.1 Å². The molecule has 0 aromatic heterocycles. The Bertz CT molecular complexity index is 649. The molecule has 1 aromatic carbocycles. The van der Waals surface area contributed by atoms with E-state index in [1.807, 2.05) is 0 Å². The smallest absolute Gasteiger partial charge is 0.323 e. The molecule has 2 aliphatic rings. The summed E-state index contributed by atoms with van der Waals surface area (Å²) in [5.74, 6) is -0.313. The molecule has 1 aromatic rings. The second-order valence-corrected chi connectivity index (χ2v) is 6.52. The third kappa shape index (κ3) is 3.12. The van der Waals surface area contributed by atoms with Gasteiger partial charge in [-0.3, -0.25) is 9.69 Å². The van der Waals surface area contributed by atoms with Gasteiger partial charge in [0.15, 0.2) is 0 Å². The van der Waals surface area contributed by atoms with Crippen molar-refractivity contribution >= 4 is 11.9 Å². The van der Waals surface area contributed by atoms with Gasteiger partial charge in [0, 0.05) is 0 Å². The fourth-order valence-corrected chi connectivity index (χ4v) is 3.52. The third-order valence-electron chi connectivity index (χ3n) is 4.80. The molecule has 0 atom stereocenters. The first-order valence-corrected chi connectivity index (χ1v) is 8.12. The number of carbonyl (C=O) groups is 2. The zero-order chi connectivity index (χ0) is 17.4. The molecule has 1 N–H and O–H groups in total. The lowest BCUT2D eigenvalue weighted by Crippen LogP contribution is -2.46. The average Bonchev–Trinajstić information content (AvgIpc) is 2.71. The van der Waals surface area contributed by atoms with Crippen LogP contribution in [-0.4, -0.2) is 22.4 Å². The van der Waals surface area contributed by atoms with Crippen molar-refractivity contribution in [3.8, 4) is 0 Å². The van der Waals surface area contributed by atoms with Gasteiger partial charge < -0.3 is 5.32 Å². The van der Waals surface area contributed by atoms with Crippen LogP contribution in [0, 0.1) is 0 Å². The van der Waals surface area contributed by atoms with Crippen LogP contribution in [0.2, 0.25) is 0 Å². The van der Waals surface area contributed by atoms with Crippen molar-refractivity contribution in [2.24, 2.45) is 0 Å². The minimum Gasteiger partial charge on any atom is -0.323 e. The summed E-state index contributed by atoms with van der Waals surface area (Å²) >= 11 is 0. The summed E-state index contributed by atoms with van der Waals surface area (Å²) in [5.41, 5.74) is -1.36. The number of imide groups is 1. The number of nitrogens with one attached hydrogen (secondary N) is 1. The normalized spacial score (nSPS) is 21.0. The largest absolute Gasteiger partial charge is 0.416 e. The average molecular weight is 340 g/mol. The van der Waals surface area contributed by atoms with Gasteiger partial charge in [0.05, 0.1) is 12.1 Å². The first-order valence-electron chi connectivity index (χ1n) is 8.12. The van der Waals surface area contributed by atoms with E-state index in [1.54, 1.807) is 0 Å². The lowest BCUT2D eigenvalue weighted by Gasteiger charge is -2.24. The van der Waals surface area contributed by atoms with Crippen molar-refractivity contribution in [2.75, 3.05) is 0 Å². The van der Waals surface area contributed by atoms with Gasteiger partial charge in [-0.25, -0.2) is 4.79 Å². The molecule has 1 saturated carbocycles. The van der Waals surface area contributed by atoms with Crippen LogP contribution >= 0.6 is 0 Å². The Morgan fingerprint density at radius 1 is 1.08 bits per heavy atom. The highest BCUT2D eigenvalue weighted by atomic mass is 19.4. The number of urea groups is 1. The highest BCUT2D eigenvalue weighted by Crippen LogP contribution is 2.34. The zero-order valence-corrected chi connectivity index (χ0v) is 13.2. The van der Waals surface area contributed by atoms with Gasteiger partial charge in [0.25, 0.3) is 5.91 Å². The minimum absolute atomic E-state index is 0.143. The van der Waals surface area contributed by atoms with Crippen LogP contribution in [0.1, 0.15) is 49.7 Å². The first-order chi connectivity index (χ1) is 11.3. The van der Waals surface area contributed by atoms with E-state index < -0.39 is 23.3 Å². The predicted molar refractivity (Wildman–Crippen MR) is 81.0 cm³/mol. The van der Waals surface area contributed by atoms with Crippen LogP contribution in [0.15, 0.2) is 24.3 Å². The Morgan fingerprint density at radius 2 is 1.75 bits per heavy atom. The molecule has 1 aliphatic heterocycles. The molecule has 7 heteroatoms. The lowest BCUT2D eigenvalue weighted by atomic mass is 9.90. The van der Waals surface area contributed by atoms with Crippen LogP contribution in [0.3, 0.4) is 0 Å². The number of nitrogens with zero attached hydrogens (tertiary/aromatic N) is 1. The van der Waals surface area contributed by atoms with Crippen molar-refractivity contribution in [3.05, 3.63) is 35.4 Å². The fourth-order valence-electron chi connectivity index (χ4n) is 3.52. The molecular weight excluding hydrogens is 321 g/mol. The molecule has 24 heavy (non-hydrogen) atoms. The zero-order valence-electron chi connectivity index (χ0n) is 13.2. The maximum Gasteiger partial charge on any atom is 0.416 e. The Kier molecular flexibility index (Phi) is 4.27. The molecule has 1 saturated heterocycles. The maximum absolute atomic E-state index is 12.8. The van der Waals surface area contributed by atoms with Gasteiger partial charge >= 0.3 is 12.2 Å². The predicted octanol–water partition coefficient (Wildman–Crippen LogP) is 3.85. The van der Waals surface area contributed by atoms with E-state index in [0.29, 0.717) is 18.4 Å². The van der Waals surface area contributed by atoms with Gasteiger partial charge in [0.1, 0.15) is 5.54 Å². The molecule has 2 fully saturated rings. The highest BCUT2D eigenvalue weighted by molar-refractivity contribution is 6.07. The molecule has 0 radical (unpaired) electrons. The molecule has 0 bridgehead atoms. The van der Waals surface area contributed by atoms with E-state index in [9.17, 15) is 22.8 Å². The molecule has 1 heterocycles. The number of rotatable bonds is 2. The molecule has 3 rings (SSSR count). The van der Waals surface area contributed by atoms with E-state index in [2.05, 4.69) is 5.32 Å². The lowest BCUT2D eigenvalue weighted by molar-refractivity contribution is -0.137. The SMILES string of the molecule is O=C1NC2(CCCCCC2)C(=O)N1Cc1cccc(C(F)(F)F)c1. The molecule has 4 nitrogen and oxygen atoms in total. The standard InChI is InChI=1S/C17H19F3N2O2/c18-17(19,20)13-7-5-6-12(10-13)11-22-14(23)16(21-15(22)24)8-3-1-2-4-9-16/h5-7,10H,1-4,8-9,11H2,(H,21,24). The van der Waals surface area contributed by atoms with Crippen molar-refractivity contribution in [1.82, 2.24) is 10.2 Å². The van der Waals surface area contributed by atoms with Crippen LogP contribution in [0.25, 0.3) is 0 Å². The van der Waals surface area contributed by atoms with Gasteiger partial charge in [-0.2, -0.15) is 13.2 Å². The number of amides is 3. The summed E-state index contributed by atoms with van der Waals surface area (Å²) in [6, 6.07) is 4.23. The Hall–Kier alpha value is -2.05. The second kappa shape index (κ2) is 6.11. The molecule has 1 aliphatic carbocycles. The van der Waals surface area contributed by atoms with Crippen molar-refractivity contribution in [2.45, 2.75) is 56.8 Å². The number of hydrogen-bond donors (Lipinski definition) is 1. The number of benzene rings is 1. The van der Waals surface area contributed by atoms with Crippen molar-refractivity contribution in [3.63, 3.8) is 0 Å². The van der Waals surface area contributed by atoms with Crippen LogP contribution in [0.4, 0.5) is 18.0 Å². The van der Waals surface area contributed by atoms with E-state index in [0.717, 1.165) is 42.7 Å². The van der Waals surface area contributed by atoms with Crippen LogP contribution in [0.5, 0.6) is 0 Å². The third-order valence-corrected chi connectivity index (χ3v) is 4.80. The summed E-state index contributed by atoms with van der Waals surface area (Å²) in [5, 5.41) is 2.79. The van der Waals surface area contributed by atoms with Crippen molar-refractivity contribution in [1.29, 1.82) is 0 Å². The quantitative estimate of drug-likeness (QED) is 0.832. The number of hydrogen-bond acceptors (Lipinski definition) is 2. The minimum atomic E-state index is -4.45. The summed E-state index contributed by atoms with van der Waals surface area (Å²) in [6.07, 6.45) is 0.521. The molecule has 0 unspecified atom stereocenters. The summed E-state index contributed by atoms with van der Waals surface area (Å²) in [7, 11) is 0. The number of carbonyl (C=O) groups excluding carboxylic acids is 2. The van der Waals surface area contributed by atoms with Gasteiger partial charge in [-0.15, -0.1) is 0 Å². The summed E-state index contributed by atoms with van der Waals surface area (Å²) in [6.45, 7) is -0.143. The Morgan fingerprint density at radius 3 is 2.38 bits per heavy atom. The van der Waals surface area contributed by atoms with Gasteiger partial charge in [0.2, 0.25) is 0 Å². The molecule has 130 valence electrons. The molecule has 1 spiro atoms. The maximum atomic E-state index is 12.8. The van der Waals surface area contributed by atoms with Crippen LogP contribution in [-0.2, 0) is 17.5 Å². The second-order valence-electron chi connectivity index (χ2n) is 6.52. The first kappa shape index (κ1) is 16.8. The molecular formula is C17H19F3N2O2. The van der Waals surface area contributed by atoms with Gasteiger partial charge in [-0.05, 0) is 30.5 Å². The van der Waals surface area contributed by atoms with Gasteiger partial charge in [-0.1, -0.05) is 37.8 Å². The summed E-state index contributed by atoms with van der Waals surface area (Å²) < 4.78 is 38.4. The van der Waals surface area contributed by atoms with Crippen LogP contribution < -0.4 is 5.32 Å². The van der Waals surface area contributed by atoms with E-state index in [4.69, 9.17) is 0 Å². The van der Waals surface area contributed by atoms with E-state index in [-0.39, 0.29) is 12.5 Å². The fraction of sp³-hybridized carbons (Fsp3) is 0.529. The Balaban J connectivity index is 1.80. The Labute approximate surface area is 138 Å². The topological polar surface area (TPSA) is 49.4 Å². The van der Waals surface area contributed by atoms with E-state index >= 15 is 0 Å². The highest BCUT2D eigenvalue weighted by Gasteiger charge is 2.50. The number of alkyl halides is 3. The summed E-state index contributed by atoms with van der Waals surface area (Å²) in [4.78, 5) is 26.0.